The van der Waals surface area contributed by atoms with Gasteiger partial charge in [-0.15, -0.1) is 0 Å². The number of nitrogens with zero attached hydrogens (tertiary/aromatic N) is 2. The number of hydrogen-bond donors (Lipinski definition) is 1. The molecule has 0 atom stereocenters. The van der Waals surface area contributed by atoms with Crippen LogP contribution in [0.5, 0.6) is 0 Å². The highest BCUT2D eigenvalue weighted by Crippen LogP contribution is 2.44. The average molecular weight is 558 g/mol. The molecule has 0 aliphatic rings. The Labute approximate surface area is 240 Å². The fourth-order valence-electron chi connectivity index (χ4n) is 5.58. The number of rotatable bonds is 7. The lowest BCUT2D eigenvalue weighted by atomic mass is 9.77. The Hall–Kier alpha value is -4.68. The lowest BCUT2D eigenvalue weighted by Gasteiger charge is -2.37. The van der Waals surface area contributed by atoms with Crippen LogP contribution in [0.4, 0.5) is 5.69 Å². The SMILES string of the molecule is CC(C)S(=O)(=O)c1ccc(-c2nn(C(c3ccccc3)(c3ccccc3)c3ccccc3)c3ccc(N)cc23)cc1. The van der Waals surface area contributed by atoms with Gasteiger partial charge in [-0.05, 0) is 60.9 Å². The molecular formula is C35H31N3O2S. The number of anilines is 1. The summed E-state index contributed by atoms with van der Waals surface area (Å²) in [6, 6.07) is 44.0. The number of benzene rings is 5. The third kappa shape index (κ3) is 4.41. The predicted octanol–water partition coefficient (Wildman–Crippen LogP) is 7.31. The molecule has 6 aromatic rings. The maximum absolute atomic E-state index is 12.8. The molecule has 1 aromatic heterocycles. The minimum atomic E-state index is -3.40. The van der Waals surface area contributed by atoms with E-state index in [0.29, 0.717) is 10.6 Å². The molecule has 0 saturated carbocycles. The van der Waals surface area contributed by atoms with E-state index in [1.165, 1.54) is 0 Å². The van der Waals surface area contributed by atoms with Gasteiger partial charge in [0.05, 0.1) is 15.7 Å². The van der Waals surface area contributed by atoms with Crippen molar-refractivity contribution in [3.8, 4) is 11.3 Å². The first-order valence-corrected chi connectivity index (χ1v) is 15.2. The Balaban J connectivity index is 1.70. The number of nitrogens with two attached hydrogens (primary N) is 1. The first-order chi connectivity index (χ1) is 19.8. The molecule has 1 heterocycles. The van der Waals surface area contributed by atoms with Crippen molar-refractivity contribution in [1.82, 2.24) is 9.78 Å². The molecule has 0 radical (unpaired) electrons. The summed E-state index contributed by atoms with van der Waals surface area (Å²) in [5, 5.41) is 5.72. The zero-order chi connectivity index (χ0) is 28.6. The first kappa shape index (κ1) is 26.5. The van der Waals surface area contributed by atoms with Crippen LogP contribution in [-0.4, -0.2) is 23.4 Å². The van der Waals surface area contributed by atoms with Crippen molar-refractivity contribution in [3.63, 3.8) is 0 Å². The molecule has 0 fully saturated rings. The van der Waals surface area contributed by atoms with Crippen molar-refractivity contribution < 1.29 is 8.42 Å². The van der Waals surface area contributed by atoms with Gasteiger partial charge in [0.1, 0.15) is 11.2 Å². The molecule has 0 saturated heterocycles. The van der Waals surface area contributed by atoms with E-state index in [2.05, 4.69) is 77.5 Å². The maximum atomic E-state index is 12.8. The molecule has 41 heavy (non-hydrogen) atoms. The first-order valence-electron chi connectivity index (χ1n) is 13.6. The van der Waals surface area contributed by atoms with Gasteiger partial charge in [0.2, 0.25) is 0 Å². The second kappa shape index (κ2) is 10.4. The second-order valence-corrected chi connectivity index (χ2v) is 13.0. The van der Waals surface area contributed by atoms with Crippen LogP contribution in [0, 0.1) is 0 Å². The van der Waals surface area contributed by atoms with Crippen LogP contribution in [-0.2, 0) is 15.4 Å². The molecule has 2 N–H and O–H groups in total. The average Bonchev–Trinajstić information content (AvgIpc) is 3.38. The number of hydrogen-bond acceptors (Lipinski definition) is 4. The number of sulfone groups is 1. The van der Waals surface area contributed by atoms with Gasteiger partial charge in [0.25, 0.3) is 0 Å². The summed E-state index contributed by atoms with van der Waals surface area (Å²) in [7, 11) is -3.40. The number of nitrogen functional groups attached to an aromatic ring is 1. The van der Waals surface area contributed by atoms with Crippen molar-refractivity contribution in [3.05, 3.63) is 150 Å². The third-order valence-electron chi connectivity index (χ3n) is 7.67. The molecule has 0 bridgehead atoms. The molecule has 0 spiro atoms. The van der Waals surface area contributed by atoms with Crippen LogP contribution in [0.15, 0.2) is 138 Å². The standard InChI is InChI=1S/C35H31N3O2S/c1-25(2)41(39,40)31-21-18-26(19-22-31)34-32-24-30(36)20-23-33(32)38(37-34)35(27-12-6-3-7-13-27,28-14-8-4-9-15-28)29-16-10-5-11-17-29/h3-25H,36H2,1-2H3. The zero-order valence-corrected chi connectivity index (χ0v) is 23.8. The van der Waals surface area contributed by atoms with Gasteiger partial charge < -0.3 is 5.73 Å². The Morgan fingerprint density at radius 3 is 1.63 bits per heavy atom. The molecule has 5 nitrogen and oxygen atoms in total. The fourth-order valence-corrected chi connectivity index (χ4v) is 6.64. The van der Waals surface area contributed by atoms with Crippen LogP contribution < -0.4 is 5.73 Å². The minimum absolute atomic E-state index is 0.298. The summed E-state index contributed by atoms with van der Waals surface area (Å²) < 4.78 is 27.7. The van der Waals surface area contributed by atoms with Crippen LogP contribution in [0.1, 0.15) is 30.5 Å². The number of fused-ring (bicyclic) bond motifs is 1. The van der Waals surface area contributed by atoms with E-state index in [1.54, 1.807) is 26.0 Å². The molecular weight excluding hydrogens is 526 g/mol. The third-order valence-corrected chi connectivity index (χ3v) is 9.84. The normalized spacial score (nSPS) is 12.2. The van der Waals surface area contributed by atoms with Gasteiger partial charge in [-0.2, -0.15) is 5.10 Å². The summed E-state index contributed by atoms with van der Waals surface area (Å²) in [6.45, 7) is 3.38. The van der Waals surface area contributed by atoms with E-state index in [4.69, 9.17) is 10.8 Å². The molecule has 204 valence electrons. The molecule has 0 aliphatic heterocycles. The fraction of sp³-hybridized carbons (Fsp3) is 0.114. The van der Waals surface area contributed by atoms with E-state index in [0.717, 1.165) is 38.9 Å². The highest BCUT2D eigenvalue weighted by atomic mass is 32.2. The zero-order valence-electron chi connectivity index (χ0n) is 23.0. The minimum Gasteiger partial charge on any atom is -0.399 e. The van der Waals surface area contributed by atoms with Gasteiger partial charge in [0.15, 0.2) is 9.84 Å². The molecule has 0 aliphatic carbocycles. The summed E-state index contributed by atoms with van der Waals surface area (Å²) >= 11 is 0. The lowest BCUT2D eigenvalue weighted by molar-refractivity contribution is 0.477. The van der Waals surface area contributed by atoms with Crippen molar-refractivity contribution in [2.75, 3.05) is 5.73 Å². The van der Waals surface area contributed by atoms with Gasteiger partial charge >= 0.3 is 0 Å². The number of aromatic nitrogens is 2. The van der Waals surface area contributed by atoms with Gasteiger partial charge in [-0.25, -0.2) is 13.1 Å². The van der Waals surface area contributed by atoms with Crippen LogP contribution in [0.3, 0.4) is 0 Å². The van der Waals surface area contributed by atoms with Crippen LogP contribution >= 0.6 is 0 Å². The highest BCUT2D eigenvalue weighted by molar-refractivity contribution is 7.92. The summed E-state index contributed by atoms with van der Waals surface area (Å²) in [4.78, 5) is 0.298. The van der Waals surface area contributed by atoms with Gasteiger partial charge in [0, 0.05) is 16.6 Å². The highest BCUT2D eigenvalue weighted by Gasteiger charge is 2.41. The topological polar surface area (TPSA) is 78.0 Å². The van der Waals surface area contributed by atoms with E-state index < -0.39 is 20.6 Å². The van der Waals surface area contributed by atoms with Crippen LogP contribution in [0.2, 0.25) is 0 Å². The van der Waals surface area contributed by atoms with Crippen LogP contribution in [0.25, 0.3) is 22.2 Å². The summed E-state index contributed by atoms with van der Waals surface area (Å²) in [5.74, 6) is 0. The Morgan fingerprint density at radius 1 is 0.683 bits per heavy atom. The molecule has 6 heteroatoms. The lowest BCUT2D eigenvalue weighted by Crippen LogP contribution is -2.38. The van der Waals surface area contributed by atoms with Crippen molar-refractivity contribution in [2.45, 2.75) is 29.5 Å². The maximum Gasteiger partial charge on any atom is 0.180 e. The quantitative estimate of drug-likeness (QED) is 0.165. The van der Waals surface area contributed by atoms with Gasteiger partial charge in [-0.3, -0.25) is 0 Å². The second-order valence-electron chi connectivity index (χ2n) is 10.5. The largest absolute Gasteiger partial charge is 0.399 e. The Kier molecular flexibility index (Phi) is 6.72. The van der Waals surface area contributed by atoms with Gasteiger partial charge in [-0.1, -0.05) is 103 Å². The Bertz CT molecular complexity index is 1820. The summed E-state index contributed by atoms with van der Waals surface area (Å²) in [5.41, 5.74) is 11.8. The molecule has 6 rings (SSSR count). The molecule has 0 unspecified atom stereocenters. The Morgan fingerprint density at radius 2 is 1.17 bits per heavy atom. The van der Waals surface area contributed by atoms with E-state index in [1.807, 2.05) is 48.5 Å². The molecule has 0 amide bonds. The monoisotopic (exact) mass is 557 g/mol. The van der Waals surface area contributed by atoms with Crippen molar-refractivity contribution in [2.24, 2.45) is 0 Å². The van der Waals surface area contributed by atoms with E-state index in [9.17, 15) is 8.42 Å². The van der Waals surface area contributed by atoms with E-state index >= 15 is 0 Å². The predicted molar refractivity (Wildman–Crippen MR) is 167 cm³/mol. The smallest absolute Gasteiger partial charge is 0.180 e. The summed E-state index contributed by atoms with van der Waals surface area (Å²) in [6.07, 6.45) is 0. The van der Waals surface area contributed by atoms with E-state index in [-0.39, 0.29) is 0 Å². The molecule has 5 aromatic carbocycles. The van der Waals surface area contributed by atoms with Crippen molar-refractivity contribution in [1.29, 1.82) is 0 Å². The van der Waals surface area contributed by atoms with Crippen molar-refractivity contribution >= 4 is 26.4 Å².